The van der Waals surface area contributed by atoms with Gasteiger partial charge in [0.15, 0.2) is 5.96 Å². The number of hydrogen-bond acceptors (Lipinski definition) is 1. The maximum atomic E-state index is 4.47. The highest BCUT2D eigenvalue weighted by Crippen LogP contribution is 2.01. The van der Waals surface area contributed by atoms with Crippen molar-refractivity contribution >= 4 is 29.9 Å². The Bertz CT molecular complexity index is 339. The topological polar surface area (TPSA) is 36.4 Å². The zero-order valence-corrected chi connectivity index (χ0v) is 14.3. The van der Waals surface area contributed by atoms with E-state index in [1.165, 1.54) is 5.56 Å². The predicted molar refractivity (Wildman–Crippen MR) is 94.5 cm³/mol. The minimum absolute atomic E-state index is 0. The molecule has 0 saturated heterocycles. The maximum absolute atomic E-state index is 4.47. The Morgan fingerprint density at radius 2 is 1.84 bits per heavy atom. The van der Waals surface area contributed by atoms with Crippen LogP contribution in [0.1, 0.15) is 32.3 Å². The smallest absolute Gasteiger partial charge is 0.191 e. The SMILES string of the molecule is CCCN=C(NCC)NCCCc1ccccc1.I. The molecule has 0 bridgehead atoms. The van der Waals surface area contributed by atoms with Gasteiger partial charge in [-0.2, -0.15) is 0 Å². The maximum Gasteiger partial charge on any atom is 0.191 e. The largest absolute Gasteiger partial charge is 0.357 e. The highest BCUT2D eigenvalue weighted by atomic mass is 127. The van der Waals surface area contributed by atoms with Crippen LogP contribution < -0.4 is 10.6 Å². The van der Waals surface area contributed by atoms with Crippen molar-refractivity contribution in [1.29, 1.82) is 0 Å². The van der Waals surface area contributed by atoms with Crippen molar-refractivity contribution in [3.05, 3.63) is 35.9 Å². The standard InChI is InChI=1S/C15H25N3.HI/c1-3-12-17-15(16-4-2)18-13-8-11-14-9-6-5-7-10-14;/h5-7,9-10H,3-4,8,11-13H2,1-2H3,(H2,16,17,18);1H. The van der Waals surface area contributed by atoms with Crippen molar-refractivity contribution in [2.24, 2.45) is 4.99 Å². The lowest BCUT2D eigenvalue weighted by atomic mass is 10.1. The Kier molecular flexibility index (Phi) is 11.8. The van der Waals surface area contributed by atoms with Crippen molar-refractivity contribution in [2.75, 3.05) is 19.6 Å². The van der Waals surface area contributed by atoms with Crippen molar-refractivity contribution < 1.29 is 0 Å². The van der Waals surface area contributed by atoms with Gasteiger partial charge in [0, 0.05) is 19.6 Å². The molecule has 108 valence electrons. The second kappa shape index (κ2) is 12.3. The van der Waals surface area contributed by atoms with Crippen LogP contribution in [-0.2, 0) is 6.42 Å². The third kappa shape index (κ3) is 8.86. The summed E-state index contributed by atoms with van der Waals surface area (Å²) in [5, 5.41) is 6.62. The van der Waals surface area contributed by atoms with Crippen molar-refractivity contribution in [3.63, 3.8) is 0 Å². The second-order valence-electron chi connectivity index (χ2n) is 4.28. The zero-order chi connectivity index (χ0) is 13.1. The third-order valence-electron chi connectivity index (χ3n) is 2.62. The number of benzene rings is 1. The van der Waals surface area contributed by atoms with Crippen LogP contribution in [0.25, 0.3) is 0 Å². The molecule has 0 fully saturated rings. The molecule has 0 unspecified atom stereocenters. The number of guanidine groups is 1. The van der Waals surface area contributed by atoms with Crippen LogP contribution in [0.2, 0.25) is 0 Å². The van der Waals surface area contributed by atoms with E-state index in [-0.39, 0.29) is 24.0 Å². The van der Waals surface area contributed by atoms with Gasteiger partial charge >= 0.3 is 0 Å². The third-order valence-corrected chi connectivity index (χ3v) is 2.62. The van der Waals surface area contributed by atoms with E-state index in [0.717, 1.165) is 44.9 Å². The van der Waals surface area contributed by atoms with Crippen LogP contribution in [-0.4, -0.2) is 25.6 Å². The van der Waals surface area contributed by atoms with Gasteiger partial charge in [-0.25, -0.2) is 0 Å². The minimum atomic E-state index is 0. The van der Waals surface area contributed by atoms with Gasteiger partial charge in [0.05, 0.1) is 0 Å². The molecule has 1 rings (SSSR count). The van der Waals surface area contributed by atoms with E-state index < -0.39 is 0 Å². The summed E-state index contributed by atoms with van der Waals surface area (Å²) in [6, 6.07) is 10.6. The molecule has 0 aliphatic rings. The summed E-state index contributed by atoms with van der Waals surface area (Å²) in [4.78, 5) is 4.47. The Hall–Kier alpha value is -0.780. The molecule has 0 amide bonds. The molecule has 3 nitrogen and oxygen atoms in total. The first kappa shape index (κ1) is 18.2. The van der Waals surface area contributed by atoms with Gasteiger partial charge in [0.1, 0.15) is 0 Å². The summed E-state index contributed by atoms with van der Waals surface area (Å²) in [5.74, 6) is 0.937. The van der Waals surface area contributed by atoms with Gasteiger partial charge in [-0.05, 0) is 31.7 Å². The van der Waals surface area contributed by atoms with Crippen molar-refractivity contribution in [3.8, 4) is 0 Å². The minimum Gasteiger partial charge on any atom is -0.357 e. The molecule has 19 heavy (non-hydrogen) atoms. The lowest BCUT2D eigenvalue weighted by Crippen LogP contribution is -2.38. The number of hydrogen-bond donors (Lipinski definition) is 2. The molecule has 0 atom stereocenters. The first-order valence-corrected chi connectivity index (χ1v) is 6.93. The highest BCUT2D eigenvalue weighted by molar-refractivity contribution is 14.0. The highest BCUT2D eigenvalue weighted by Gasteiger charge is 1.96. The number of nitrogens with zero attached hydrogens (tertiary/aromatic N) is 1. The van der Waals surface area contributed by atoms with Crippen LogP contribution in [0, 0.1) is 0 Å². The van der Waals surface area contributed by atoms with E-state index in [2.05, 4.69) is 59.8 Å². The van der Waals surface area contributed by atoms with Crippen molar-refractivity contribution in [2.45, 2.75) is 33.1 Å². The van der Waals surface area contributed by atoms with Crippen LogP contribution in [0.5, 0.6) is 0 Å². The summed E-state index contributed by atoms with van der Waals surface area (Å²) in [7, 11) is 0. The van der Waals surface area contributed by atoms with E-state index in [4.69, 9.17) is 0 Å². The molecule has 0 aliphatic carbocycles. The molecule has 0 spiro atoms. The van der Waals surface area contributed by atoms with Gasteiger partial charge in [0.2, 0.25) is 0 Å². The number of nitrogens with one attached hydrogen (secondary N) is 2. The molecule has 0 radical (unpaired) electrons. The number of aliphatic imine (C=N–C) groups is 1. The summed E-state index contributed by atoms with van der Waals surface area (Å²) in [6.45, 7) is 6.99. The number of aryl methyl sites for hydroxylation is 1. The van der Waals surface area contributed by atoms with Crippen molar-refractivity contribution in [1.82, 2.24) is 10.6 Å². The lowest BCUT2D eigenvalue weighted by Gasteiger charge is -2.10. The number of rotatable bonds is 7. The van der Waals surface area contributed by atoms with Crippen LogP contribution >= 0.6 is 24.0 Å². The van der Waals surface area contributed by atoms with Crippen LogP contribution in [0.4, 0.5) is 0 Å². The van der Waals surface area contributed by atoms with E-state index in [1.807, 2.05) is 0 Å². The molecule has 0 heterocycles. The molecule has 1 aromatic rings. The zero-order valence-electron chi connectivity index (χ0n) is 12.0. The lowest BCUT2D eigenvalue weighted by molar-refractivity contribution is 0.742. The molecule has 0 aliphatic heterocycles. The average Bonchev–Trinajstić information content (AvgIpc) is 2.42. The fraction of sp³-hybridized carbons (Fsp3) is 0.533. The molecule has 0 aromatic heterocycles. The fourth-order valence-electron chi connectivity index (χ4n) is 1.71. The fourth-order valence-corrected chi connectivity index (χ4v) is 1.71. The van der Waals surface area contributed by atoms with Gasteiger partial charge in [0.25, 0.3) is 0 Å². The Balaban J connectivity index is 0.00000324. The second-order valence-corrected chi connectivity index (χ2v) is 4.28. The van der Waals surface area contributed by atoms with E-state index in [0.29, 0.717) is 0 Å². The average molecular weight is 375 g/mol. The predicted octanol–water partition coefficient (Wildman–Crippen LogP) is 3.20. The molecular weight excluding hydrogens is 349 g/mol. The normalized spacial score (nSPS) is 10.7. The molecule has 1 aromatic carbocycles. The molecule has 2 N–H and O–H groups in total. The van der Waals surface area contributed by atoms with Crippen LogP contribution in [0.15, 0.2) is 35.3 Å². The first-order valence-electron chi connectivity index (χ1n) is 6.93. The van der Waals surface area contributed by atoms with E-state index >= 15 is 0 Å². The van der Waals surface area contributed by atoms with Gasteiger partial charge in [-0.3, -0.25) is 4.99 Å². The van der Waals surface area contributed by atoms with Gasteiger partial charge in [-0.1, -0.05) is 37.3 Å². The van der Waals surface area contributed by atoms with E-state index in [9.17, 15) is 0 Å². The molecule has 0 saturated carbocycles. The first-order chi connectivity index (χ1) is 8.86. The summed E-state index contributed by atoms with van der Waals surface area (Å²) >= 11 is 0. The van der Waals surface area contributed by atoms with E-state index in [1.54, 1.807) is 0 Å². The Morgan fingerprint density at radius 3 is 2.47 bits per heavy atom. The Labute approximate surface area is 134 Å². The van der Waals surface area contributed by atoms with Crippen LogP contribution in [0.3, 0.4) is 0 Å². The summed E-state index contributed by atoms with van der Waals surface area (Å²) in [5.41, 5.74) is 1.40. The summed E-state index contributed by atoms with van der Waals surface area (Å²) in [6.07, 6.45) is 3.32. The molecular formula is C15H26IN3. The Morgan fingerprint density at radius 1 is 1.11 bits per heavy atom. The van der Waals surface area contributed by atoms with Gasteiger partial charge < -0.3 is 10.6 Å². The monoisotopic (exact) mass is 375 g/mol. The summed E-state index contributed by atoms with van der Waals surface area (Å²) < 4.78 is 0. The van der Waals surface area contributed by atoms with Gasteiger partial charge in [-0.15, -0.1) is 24.0 Å². The molecule has 4 heteroatoms. The quantitative estimate of drug-likeness (QED) is 0.332. The number of halogens is 1.